The number of hydrogen-bond donors (Lipinski definition) is 0. The second-order valence-corrected chi connectivity index (χ2v) is 4.51. The molecular weight excluding hydrogens is 292 g/mol. The molecule has 0 aromatic heterocycles. The van der Waals surface area contributed by atoms with Gasteiger partial charge in [0.25, 0.3) is 0 Å². The fourth-order valence-corrected chi connectivity index (χ4v) is 1.45. The van der Waals surface area contributed by atoms with Crippen LogP contribution in [0.4, 0.5) is 4.79 Å². The third-order valence-electron chi connectivity index (χ3n) is 2.96. The molecule has 0 N–H and O–H groups in total. The molecule has 0 radical (unpaired) electrons. The first kappa shape index (κ1) is 17.9. The molecular formula is C15H20O7. The molecule has 0 heterocycles. The van der Waals surface area contributed by atoms with Crippen LogP contribution in [0.3, 0.4) is 0 Å². The summed E-state index contributed by atoms with van der Waals surface area (Å²) in [5.74, 6) is -0.775. The third-order valence-corrected chi connectivity index (χ3v) is 2.96. The van der Waals surface area contributed by atoms with Crippen molar-refractivity contribution in [3.05, 3.63) is 35.4 Å². The van der Waals surface area contributed by atoms with E-state index in [2.05, 4.69) is 19.6 Å². The summed E-state index contributed by atoms with van der Waals surface area (Å²) < 4.78 is 9.65. The van der Waals surface area contributed by atoms with Crippen molar-refractivity contribution >= 4 is 12.1 Å². The number of methoxy groups -OCH3 is 1. The molecule has 0 amide bonds. The maximum atomic E-state index is 11.6. The van der Waals surface area contributed by atoms with Gasteiger partial charge < -0.3 is 9.47 Å². The van der Waals surface area contributed by atoms with Crippen LogP contribution in [0.1, 0.15) is 36.2 Å². The molecule has 0 saturated carbocycles. The van der Waals surface area contributed by atoms with E-state index in [0.29, 0.717) is 6.42 Å². The van der Waals surface area contributed by atoms with E-state index in [1.807, 2.05) is 13.8 Å². The Hall–Kier alpha value is -2.12. The molecule has 1 atom stereocenters. The van der Waals surface area contributed by atoms with Crippen LogP contribution in [0, 0.1) is 0 Å². The van der Waals surface area contributed by atoms with Gasteiger partial charge in [-0.3, -0.25) is 4.89 Å². The van der Waals surface area contributed by atoms with Gasteiger partial charge in [0.2, 0.25) is 0 Å². The lowest BCUT2D eigenvalue weighted by Crippen LogP contribution is -2.15. The Kier molecular flexibility index (Phi) is 7.95. The molecule has 0 bridgehead atoms. The Balaban J connectivity index is 2.22. The van der Waals surface area contributed by atoms with Crippen molar-refractivity contribution in [2.75, 3.05) is 13.7 Å². The maximum Gasteiger partial charge on any atom is 0.543 e. The highest BCUT2D eigenvalue weighted by Gasteiger charge is 2.12. The van der Waals surface area contributed by atoms with Crippen molar-refractivity contribution in [2.24, 2.45) is 0 Å². The van der Waals surface area contributed by atoms with Crippen LogP contribution >= 0.6 is 0 Å². The highest BCUT2D eigenvalue weighted by molar-refractivity contribution is 5.88. The van der Waals surface area contributed by atoms with Gasteiger partial charge in [-0.25, -0.2) is 14.5 Å². The van der Waals surface area contributed by atoms with Gasteiger partial charge in [-0.05, 0) is 31.0 Å². The summed E-state index contributed by atoms with van der Waals surface area (Å²) in [6.45, 7) is 3.93. The second kappa shape index (κ2) is 9.75. The lowest BCUT2D eigenvalue weighted by atomic mass is 10.1. The van der Waals surface area contributed by atoms with Crippen LogP contribution in [0.2, 0.25) is 0 Å². The Morgan fingerprint density at radius 2 is 1.82 bits per heavy atom. The first-order valence-electron chi connectivity index (χ1n) is 6.90. The maximum absolute atomic E-state index is 11.6. The number of benzene rings is 1. The minimum Gasteiger partial charge on any atom is -0.432 e. The zero-order valence-corrected chi connectivity index (χ0v) is 12.9. The van der Waals surface area contributed by atoms with Gasteiger partial charge in [-0.1, -0.05) is 19.1 Å². The van der Waals surface area contributed by atoms with Gasteiger partial charge in [-0.15, -0.1) is 0 Å². The van der Waals surface area contributed by atoms with Gasteiger partial charge in [0, 0.05) is 13.5 Å². The summed E-state index contributed by atoms with van der Waals surface area (Å²) in [6.07, 6.45) is 0.229. The molecule has 0 aliphatic rings. The predicted octanol–water partition coefficient (Wildman–Crippen LogP) is 2.83. The number of ether oxygens (including phenoxy) is 2. The van der Waals surface area contributed by atoms with Gasteiger partial charge in [0.15, 0.2) is 0 Å². The average molecular weight is 312 g/mol. The quantitative estimate of drug-likeness (QED) is 0.415. The fraction of sp³-hybridized carbons (Fsp3) is 0.467. The Morgan fingerprint density at radius 3 is 2.41 bits per heavy atom. The summed E-state index contributed by atoms with van der Waals surface area (Å²) in [6, 6.07) is 6.77. The molecule has 0 aliphatic carbocycles. The summed E-state index contributed by atoms with van der Waals surface area (Å²) in [4.78, 5) is 31.2. The van der Waals surface area contributed by atoms with Crippen LogP contribution in [0.5, 0.6) is 0 Å². The lowest BCUT2D eigenvalue weighted by molar-refractivity contribution is -0.452. The average Bonchev–Trinajstić information content (AvgIpc) is 2.54. The highest BCUT2D eigenvalue weighted by Crippen LogP contribution is 2.07. The molecule has 122 valence electrons. The van der Waals surface area contributed by atoms with Gasteiger partial charge >= 0.3 is 12.1 Å². The smallest absolute Gasteiger partial charge is 0.432 e. The van der Waals surface area contributed by atoms with Crippen molar-refractivity contribution in [1.29, 1.82) is 0 Å². The Labute approximate surface area is 128 Å². The van der Waals surface area contributed by atoms with Gasteiger partial charge in [0.1, 0.15) is 0 Å². The lowest BCUT2D eigenvalue weighted by Gasteiger charge is -2.08. The van der Waals surface area contributed by atoms with Crippen molar-refractivity contribution < 1.29 is 33.9 Å². The molecule has 1 rings (SSSR count). The van der Waals surface area contributed by atoms with Crippen LogP contribution in [0.25, 0.3) is 0 Å². The first-order valence-corrected chi connectivity index (χ1v) is 6.90. The number of carbonyl (C=O) groups excluding carboxylic acids is 2. The summed E-state index contributed by atoms with van der Waals surface area (Å²) in [5, 5.41) is 4.10. The second-order valence-electron chi connectivity index (χ2n) is 4.51. The van der Waals surface area contributed by atoms with Crippen molar-refractivity contribution in [2.45, 2.75) is 32.8 Å². The minimum absolute atomic E-state index is 0.0439. The standard InChI is InChI=1S/C15H20O7/c1-4-12-5-7-13(8-6-12)14(16)20-22-21-15(17)19-10-9-11(2)18-3/h5-8,11H,4,9-10H2,1-3H3. The summed E-state index contributed by atoms with van der Waals surface area (Å²) in [7, 11) is 1.55. The zero-order chi connectivity index (χ0) is 16.4. The van der Waals surface area contributed by atoms with Crippen LogP contribution in [0.15, 0.2) is 24.3 Å². The largest absolute Gasteiger partial charge is 0.543 e. The van der Waals surface area contributed by atoms with E-state index in [1.54, 1.807) is 31.4 Å². The molecule has 0 fully saturated rings. The van der Waals surface area contributed by atoms with E-state index >= 15 is 0 Å². The van der Waals surface area contributed by atoms with Crippen molar-refractivity contribution in [3.8, 4) is 0 Å². The number of hydrogen-bond acceptors (Lipinski definition) is 7. The SMILES string of the molecule is CCc1ccc(C(=O)OOOC(=O)OCCC(C)OC)cc1. The van der Waals surface area contributed by atoms with E-state index in [4.69, 9.17) is 4.74 Å². The number of carbonyl (C=O) groups is 2. The van der Waals surface area contributed by atoms with E-state index in [-0.39, 0.29) is 18.3 Å². The molecule has 7 nitrogen and oxygen atoms in total. The monoisotopic (exact) mass is 312 g/mol. The number of rotatable bonds is 8. The zero-order valence-electron chi connectivity index (χ0n) is 12.9. The topological polar surface area (TPSA) is 80.3 Å². The molecule has 1 unspecified atom stereocenters. The van der Waals surface area contributed by atoms with Gasteiger partial charge in [0.05, 0.1) is 23.3 Å². The third kappa shape index (κ3) is 6.55. The highest BCUT2D eigenvalue weighted by atomic mass is 17.5. The van der Waals surface area contributed by atoms with Gasteiger partial charge in [-0.2, -0.15) is 0 Å². The van der Waals surface area contributed by atoms with Crippen LogP contribution in [-0.2, 0) is 30.7 Å². The molecule has 1 aromatic carbocycles. The van der Waals surface area contributed by atoms with Crippen molar-refractivity contribution in [1.82, 2.24) is 0 Å². The Bertz CT molecular complexity index is 469. The van der Waals surface area contributed by atoms with E-state index in [0.717, 1.165) is 12.0 Å². The van der Waals surface area contributed by atoms with Crippen molar-refractivity contribution in [3.63, 3.8) is 0 Å². The fourth-order valence-electron chi connectivity index (χ4n) is 1.45. The minimum atomic E-state index is -1.10. The van der Waals surface area contributed by atoms with Crippen LogP contribution < -0.4 is 0 Å². The number of aryl methyl sites for hydroxylation is 1. The molecule has 22 heavy (non-hydrogen) atoms. The summed E-state index contributed by atoms with van der Waals surface area (Å²) >= 11 is 0. The van der Waals surface area contributed by atoms with E-state index < -0.39 is 12.1 Å². The normalized spacial score (nSPS) is 11.6. The predicted molar refractivity (Wildman–Crippen MR) is 75.8 cm³/mol. The first-order chi connectivity index (χ1) is 10.6. The van der Waals surface area contributed by atoms with E-state index in [9.17, 15) is 9.59 Å². The van der Waals surface area contributed by atoms with E-state index in [1.165, 1.54) is 0 Å². The molecule has 0 spiro atoms. The van der Waals surface area contributed by atoms with Crippen LogP contribution in [-0.4, -0.2) is 31.9 Å². The molecule has 0 saturated heterocycles. The molecule has 1 aromatic rings. The summed E-state index contributed by atoms with van der Waals surface area (Å²) in [5.41, 5.74) is 1.37. The molecule has 7 heteroatoms. The molecule has 0 aliphatic heterocycles. The Morgan fingerprint density at radius 1 is 1.14 bits per heavy atom.